The second-order valence-electron chi connectivity index (χ2n) is 8.88. The number of rotatable bonds is 10. The average Bonchev–Trinajstić information content (AvgIpc) is 2.88. The molecule has 3 rings (SSSR count). The first-order valence-corrected chi connectivity index (χ1v) is 12.5. The number of thiol groups is 1. The number of hydrogen-bond acceptors (Lipinski definition) is 3. The van der Waals surface area contributed by atoms with Gasteiger partial charge >= 0.3 is 0 Å². The summed E-state index contributed by atoms with van der Waals surface area (Å²) in [5.41, 5.74) is 1.54. The van der Waals surface area contributed by atoms with Crippen molar-refractivity contribution in [3.63, 3.8) is 0 Å². The first-order valence-electron chi connectivity index (χ1n) is 12.1. The Hall–Kier alpha value is -2.40. The lowest BCUT2D eigenvalue weighted by molar-refractivity contribution is -0.124. The Kier molecular flexibility index (Phi) is 11.0. The Labute approximate surface area is 211 Å². The van der Waals surface area contributed by atoms with E-state index in [2.05, 4.69) is 74.7 Å². The Bertz CT molecular complexity index is 868. The zero-order valence-corrected chi connectivity index (χ0v) is 22.1. The minimum absolute atomic E-state index is 0.189. The van der Waals surface area contributed by atoms with E-state index in [9.17, 15) is 4.79 Å². The number of carbonyl (C=O) groups excluding carboxylic acids is 1. The van der Waals surface area contributed by atoms with Crippen molar-refractivity contribution in [1.82, 2.24) is 4.90 Å². The van der Waals surface area contributed by atoms with Gasteiger partial charge in [-0.25, -0.2) is 0 Å². The smallest absolute Gasteiger partial charge is 0.193 e. The predicted octanol–water partition coefficient (Wildman–Crippen LogP) is 6.83. The summed E-state index contributed by atoms with van der Waals surface area (Å²) in [7, 11) is 0. The van der Waals surface area contributed by atoms with E-state index in [1.165, 1.54) is 19.6 Å². The van der Waals surface area contributed by atoms with Crippen LogP contribution in [0.5, 0.6) is 0 Å². The minimum Gasteiger partial charge on any atom is -0.360 e. The molecule has 0 atom stereocenters. The third-order valence-electron chi connectivity index (χ3n) is 6.11. The van der Waals surface area contributed by atoms with E-state index >= 15 is 0 Å². The molecule has 0 aliphatic heterocycles. The molecule has 0 unspecified atom stereocenters. The first-order chi connectivity index (χ1) is 16.3. The van der Waals surface area contributed by atoms with Crippen LogP contribution >= 0.6 is 12.6 Å². The number of ether oxygens (including phenoxy) is 1. The van der Waals surface area contributed by atoms with Gasteiger partial charge in [-0.15, -0.1) is 12.6 Å². The van der Waals surface area contributed by atoms with Crippen LogP contribution in [0.25, 0.3) is 0 Å². The molecule has 0 radical (unpaired) electrons. The van der Waals surface area contributed by atoms with Gasteiger partial charge in [0.2, 0.25) is 0 Å². The average molecular weight is 478 g/mol. The summed E-state index contributed by atoms with van der Waals surface area (Å²) >= 11 is 4.05. The van der Waals surface area contributed by atoms with Crippen LogP contribution < -0.4 is 0 Å². The van der Waals surface area contributed by atoms with Crippen molar-refractivity contribution in [1.29, 1.82) is 0 Å². The third-order valence-corrected chi connectivity index (χ3v) is 6.72. The van der Waals surface area contributed by atoms with Gasteiger partial charge in [-0.2, -0.15) is 0 Å². The van der Waals surface area contributed by atoms with Crippen molar-refractivity contribution in [2.24, 2.45) is 5.41 Å². The van der Waals surface area contributed by atoms with Crippen molar-refractivity contribution < 1.29 is 9.53 Å². The fourth-order valence-electron chi connectivity index (χ4n) is 3.79. The summed E-state index contributed by atoms with van der Waals surface area (Å²) in [4.78, 5) is 14.4. The zero-order valence-electron chi connectivity index (χ0n) is 21.2. The molecule has 0 aliphatic carbocycles. The molecule has 3 aromatic rings. The second-order valence-corrected chi connectivity index (χ2v) is 9.28. The zero-order chi connectivity index (χ0) is 25.0. The monoisotopic (exact) mass is 477 g/mol. The van der Waals surface area contributed by atoms with E-state index in [-0.39, 0.29) is 11.7 Å². The maximum atomic E-state index is 12.0. The second kappa shape index (κ2) is 13.5. The molecule has 0 aromatic heterocycles. The first kappa shape index (κ1) is 27.8. The van der Waals surface area contributed by atoms with Crippen molar-refractivity contribution in [2.45, 2.75) is 40.2 Å². The van der Waals surface area contributed by atoms with E-state index in [1.54, 1.807) is 0 Å². The van der Waals surface area contributed by atoms with Crippen molar-refractivity contribution in [3.8, 4) is 0 Å². The van der Waals surface area contributed by atoms with Gasteiger partial charge in [0.05, 0.1) is 12.0 Å². The highest BCUT2D eigenvalue weighted by atomic mass is 32.1. The molecule has 0 bridgehead atoms. The van der Waals surface area contributed by atoms with Crippen LogP contribution in [0.3, 0.4) is 0 Å². The van der Waals surface area contributed by atoms with E-state index < -0.39 is 11.0 Å². The molecule has 0 saturated heterocycles. The molecule has 0 heterocycles. The van der Waals surface area contributed by atoms with Crippen molar-refractivity contribution >= 4 is 17.7 Å². The molecule has 0 aliphatic rings. The summed E-state index contributed by atoms with van der Waals surface area (Å²) in [6, 6.07) is 30.4. The van der Waals surface area contributed by atoms with Gasteiger partial charge in [0, 0.05) is 0 Å². The SMILES string of the molecule is CC(C)(COC(c1ccccc1)(c1ccccc1)c1ccccc1)C(=O)S.CCN(CC)CC. The van der Waals surface area contributed by atoms with Gasteiger partial charge in [-0.05, 0) is 50.2 Å². The quantitative estimate of drug-likeness (QED) is 0.256. The standard InChI is InChI=1S/C24H24O2S.C6H15N/c1-23(2,22(25)27)18-26-24(19-12-6-3-7-13-19,20-14-8-4-9-15-20)21-16-10-5-11-17-21;1-4-7(5-2)6-3/h3-17H,18H2,1-2H3,(H,25,27);4-6H2,1-3H3. The molecular formula is C30H39NO2S. The molecule has 4 heteroatoms. The molecule has 0 N–H and O–H groups in total. The highest BCUT2D eigenvalue weighted by molar-refractivity contribution is 7.96. The van der Waals surface area contributed by atoms with Gasteiger partial charge in [0.1, 0.15) is 5.60 Å². The van der Waals surface area contributed by atoms with Crippen LogP contribution in [0, 0.1) is 5.41 Å². The number of carbonyl (C=O) groups is 1. The lowest BCUT2D eigenvalue weighted by Crippen LogP contribution is -2.38. The summed E-state index contributed by atoms with van der Waals surface area (Å²) < 4.78 is 6.64. The molecule has 0 spiro atoms. The van der Waals surface area contributed by atoms with E-state index in [4.69, 9.17) is 4.74 Å². The van der Waals surface area contributed by atoms with Crippen LogP contribution in [0.15, 0.2) is 91.0 Å². The van der Waals surface area contributed by atoms with Gasteiger partial charge < -0.3 is 9.64 Å². The lowest BCUT2D eigenvalue weighted by Gasteiger charge is -2.38. The van der Waals surface area contributed by atoms with Crippen LogP contribution in [-0.2, 0) is 15.1 Å². The van der Waals surface area contributed by atoms with Gasteiger partial charge in [0.25, 0.3) is 0 Å². The van der Waals surface area contributed by atoms with Crippen LogP contribution in [0.2, 0.25) is 0 Å². The fourth-order valence-corrected chi connectivity index (χ4v) is 3.85. The maximum Gasteiger partial charge on any atom is 0.193 e. The topological polar surface area (TPSA) is 29.5 Å². The molecule has 34 heavy (non-hydrogen) atoms. The largest absolute Gasteiger partial charge is 0.360 e. The van der Waals surface area contributed by atoms with Crippen LogP contribution in [-0.4, -0.2) is 36.3 Å². The molecule has 182 valence electrons. The number of benzene rings is 3. The third kappa shape index (κ3) is 7.05. The van der Waals surface area contributed by atoms with E-state index in [0.717, 1.165) is 16.7 Å². The lowest BCUT2D eigenvalue weighted by atomic mass is 9.79. The Morgan fingerprint density at radius 1 is 0.706 bits per heavy atom. The summed E-state index contributed by atoms with van der Waals surface area (Å²) in [6.07, 6.45) is 0. The van der Waals surface area contributed by atoms with Crippen LogP contribution in [0.4, 0.5) is 0 Å². The fraction of sp³-hybridized carbons (Fsp3) is 0.367. The molecule has 0 saturated carbocycles. The summed E-state index contributed by atoms with van der Waals surface area (Å²) in [5, 5.41) is -0.189. The Balaban J connectivity index is 0.000000509. The van der Waals surface area contributed by atoms with Gasteiger partial charge in [-0.1, -0.05) is 112 Å². The number of hydrogen-bond donors (Lipinski definition) is 1. The van der Waals surface area contributed by atoms with Gasteiger partial charge in [0.15, 0.2) is 5.12 Å². The maximum absolute atomic E-state index is 12.0. The van der Waals surface area contributed by atoms with E-state index in [1.807, 2.05) is 68.4 Å². The molecule has 0 amide bonds. The Morgan fingerprint density at radius 3 is 1.26 bits per heavy atom. The van der Waals surface area contributed by atoms with Crippen molar-refractivity contribution in [2.75, 3.05) is 26.2 Å². The molecular weight excluding hydrogens is 438 g/mol. The van der Waals surface area contributed by atoms with E-state index in [0.29, 0.717) is 0 Å². The molecule has 3 aromatic carbocycles. The Morgan fingerprint density at radius 2 is 1.03 bits per heavy atom. The summed E-state index contributed by atoms with van der Waals surface area (Å²) in [6.45, 7) is 14.1. The van der Waals surface area contributed by atoms with Crippen molar-refractivity contribution in [3.05, 3.63) is 108 Å². The molecule has 3 nitrogen and oxygen atoms in total. The number of nitrogens with zero attached hydrogens (tertiary/aromatic N) is 1. The van der Waals surface area contributed by atoms with Crippen LogP contribution in [0.1, 0.15) is 51.3 Å². The molecule has 0 fully saturated rings. The van der Waals surface area contributed by atoms with Gasteiger partial charge in [-0.3, -0.25) is 4.79 Å². The highest BCUT2D eigenvalue weighted by Crippen LogP contribution is 2.41. The predicted molar refractivity (Wildman–Crippen MR) is 146 cm³/mol. The normalized spacial score (nSPS) is 11.6. The highest BCUT2D eigenvalue weighted by Gasteiger charge is 2.40. The summed E-state index contributed by atoms with van der Waals surface area (Å²) in [5.74, 6) is 0. The minimum atomic E-state index is -0.815.